The number of hydrogen-bond acceptors (Lipinski definition) is 2. The second-order valence-electron chi connectivity index (χ2n) is 2.71. The molecule has 13 heavy (non-hydrogen) atoms. The highest BCUT2D eigenvalue weighted by molar-refractivity contribution is 9.10. The van der Waals surface area contributed by atoms with Crippen molar-refractivity contribution in [1.82, 2.24) is 0 Å². The topological polar surface area (TPSA) is 58.0 Å². The quantitative estimate of drug-likeness (QED) is 0.422. The zero-order valence-corrected chi connectivity index (χ0v) is 8.23. The van der Waals surface area contributed by atoms with Crippen molar-refractivity contribution in [2.24, 2.45) is 5.11 Å². The van der Waals surface area contributed by atoms with E-state index in [-0.39, 0.29) is 6.04 Å². The Morgan fingerprint density at radius 1 is 1.62 bits per heavy atom. The number of hydrogen-bond donors (Lipinski definition) is 0. The summed E-state index contributed by atoms with van der Waals surface area (Å²) in [4.78, 5) is 2.78. The maximum atomic E-state index is 8.31. The molecular weight excluding hydrogens is 234 g/mol. The molecule has 0 spiro atoms. The van der Waals surface area contributed by atoms with Gasteiger partial charge in [-0.3, -0.25) is 0 Å². The number of fused-ring (bicyclic) bond motifs is 1. The van der Waals surface area contributed by atoms with Gasteiger partial charge in [-0.05, 0) is 23.7 Å². The number of ether oxygens (including phenoxy) is 1. The molecule has 1 atom stereocenters. The Bertz CT molecular complexity index is 387. The van der Waals surface area contributed by atoms with Crippen molar-refractivity contribution >= 4 is 15.9 Å². The van der Waals surface area contributed by atoms with Gasteiger partial charge in [-0.15, -0.1) is 0 Å². The van der Waals surface area contributed by atoms with Crippen LogP contribution in [0.3, 0.4) is 0 Å². The average Bonchev–Trinajstić information content (AvgIpc) is 2.49. The molecule has 1 aliphatic heterocycles. The highest BCUT2D eigenvalue weighted by Crippen LogP contribution is 2.36. The van der Waals surface area contributed by atoms with Gasteiger partial charge >= 0.3 is 0 Å². The molecule has 0 amide bonds. The predicted molar refractivity (Wildman–Crippen MR) is 51.5 cm³/mol. The molecule has 5 heteroatoms. The van der Waals surface area contributed by atoms with Crippen molar-refractivity contribution in [1.29, 1.82) is 0 Å². The molecule has 0 N–H and O–H groups in total. The standard InChI is InChI=1S/C8H6BrN3O/c9-5-1-2-8-6(3-5)7(4-13-8)11-12-10/h1-3,7H,4H2/t7-/m0/s1. The molecule has 0 unspecified atom stereocenters. The molecular formula is C8H6BrN3O. The molecule has 1 aliphatic rings. The smallest absolute Gasteiger partial charge is 0.123 e. The fraction of sp³-hybridized carbons (Fsp3) is 0.250. The van der Waals surface area contributed by atoms with Gasteiger partial charge in [0.05, 0.1) is 0 Å². The fourth-order valence-corrected chi connectivity index (χ4v) is 1.71. The van der Waals surface area contributed by atoms with Gasteiger partial charge in [0.2, 0.25) is 0 Å². The third-order valence-corrected chi connectivity index (χ3v) is 2.41. The van der Waals surface area contributed by atoms with Crippen molar-refractivity contribution < 1.29 is 4.74 Å². The summed E-state index contributed by atoms with van der Waals surface area (Å²) in [6, 6.07) is 5.50. The Morgan fingerprint density at radius 3 is 3.23 bits per heavy atom. The van der Waals surface area contributed by atoms with E-state index < -0.39 is 0 Å². The van der Waals surface area contributed by atoms with E-state index in [4.69, 9.17) is 10.3 Å². The van der Waals surface area contributed by atoms with Gasteiger partial charge in [0, 0.05) is 14.9 Å². The second-order valence-corrected chi connectivity index (χ2v) is 3.63. The lowest BCUT2D eigenvalue weighted by Crippen LogP contribution is -1.94. The summed E-state index contributed by atoms with van der Waals surface area (Å²) in [6.45, 7) is 0.440. The van der Waals surface area contributed by atoms with E-state index in [0.29, 0.717) is 6.61 Å². The molecule has 0 saturated carbocycles. The molecule has 2 rings (SSSR count). The highest BCUT2D eigenvalue weighted by Gasteiger charge is 2.22. The molecule has 0 saturated heterocycles. The first-order valence-corrected chi connectivity index (χ1v) is 4.57. The van der Waals surface area contributed by atoms with Crippen LogP contribution in [0.1, 0.15) is 11.6 Å². The summed E-state index contributed by atoms with van der Waals surface area (Å²) >= 11 is 3.35. The number of nitrogens with zero attached hydrogens (tertiary/aromatic N) is 3. The van der Waals surface area contributed by atoms with Crippen LogP contribution >= 0.6 is 15.9 Å². The first-order valence-electron chi connectivity index (χ1n) is 3.77. The highest BCUT2D eigenvalue weighted by atomic mass is 79.9. The predicted octanol–water partition coefficient (Wildman–Crippen LogP) is 3.19. The van der Waals surface area contributed by atoms with Crippen LogP contribution in [0.4, 0.5) is 0 Å². The summed E-state index contributed by atoms with van der Waals surface area (Å²) < 4.78 is 6.30. The molecule has 1 aromatic rings. The summed E-state index contributed by atoms with van der Waals surface area (Å²) in [7, 11) is 0. The van der Waals surface area contributed by atoms with Gasteiger partial charge in [-0.2, -0.15) is 0 Å². The maximum Gasteiger partial charge on any atom is 0.123 e. The Kier molecular flexibility index (Phi) is 2.12. The van der Waals surface area contributed by atoms with Crippen LogP contribution in [-0.2, 0) is 0 Å². The number of azide groups is 1. The Hall–Kier alpha value is -1.19. The van der Waals surface area contributed by atoms with Crippen molar-refractivity contribution in [2.45, 2.75) is 6.04 Å². The van der Waals surface area contributed by atoms with Gasteiger partial charge in [0.15, 0.2) is 0 Å². The van der Waals surface area contributed by atoms with Crippen LogP contribution in [0.15, 0.2) is 27.8 Å². The second kappa shape index (κ2) is 3.28. The van der Waals surface area contributed by atoms with E-state index >= 15 is 0 Å². The van der Waals surface area contributed by atoms with Crippen molar-refractivity contribution in [3.05, 3.63) is 38.7 Å². The fourth-order valence-electron chi connectivity index (χ4n) is 1.33. The van der Waals surface area contributed by atoms with Gasteiger partial charge in [-0.25, -0.2) is 0 Å². The van der Waals surface area contributed by atoms with Crippen molar-refractivity contribution in [3.8, 4) is 5.75 Å². The monoisotopic (exact) mass is 239 g/mol. The molecule has 0 aromatic heterocycles. The van der Waals surface area contributed by atoms with Gasteiger partial charge in [-0.1, -0.05) is 21.0 Å². The normalized spacial score (nSPS) is 18.7. The summed E-state index contributed by atoms with van der Waals surface area (Å²) in [5.74, 6) is 0.806. The summed E-state index contributed by atoms with van der Waals surface area (Å²) in [5.41, 5.74) is 9.26. The first-order chi connectivity index (χ1) is 6.31. The zero-order valence-electron chi connectivity index (χ0n) is 6.64. The van der Waals surface area contributed by atoms with Crippen LogP contribution in [0, 0.1) is 0 Å². The lowest BCUT2D eigenvalue weighted by molar-refractivity contribution is 0.333. The number of benzene rings is 1. The van der Waals surface area contributed by atoms with Gasteiger partial charge in [0.1, 0.15) is 18.4 Å². The van der Waals surface area contributed by atoms with E-state index in [9.17, 15) is 0 Å². The number of halogens is 1. The molecule has 66 valence electrons. The van der Waals surface area contributed by atoms with E-state index in [2.05, 4.69) is 26.0 Å². The largest absolute Gasteiger partial charge is 0.493 e. The van der Waals surface area contributed by atoms with Crippen molar-refractivity contribution in [2.75, 3.05) is 6.61 Å². The molecule has 1 aromatic carbocycles. The molecule has 4 nitrogen and oxygen atoms in total. The van der Waals surface area contributed by atoms with Crippen LogP contribution in [0.2, 0.25) is 0 Å². The minimum absolute atomic E-state index is 0.183. The minimum Gasteiger partial charge on any atom is -0.493 e. The number of rotatable bonds is 1. The summed E-state index contributed by atoms with van der Waals surface area (Å²) in [6.07, 6.45) is 0. The minimum atomic E-state index is -0.183. The summed E-state index contributed by atoms with van der Waals surface area (Å²) in [5, 5.41) is 3.64. The van der Waals surface area contributed by atoms with E-state index in [1.165, 1.54) is 0 Å². The molecule has 0 fully saturated rings. The van der Waals surface area contributed by atoms with Gasteiger partial charge < -0.3 is 4.74 Å². The van der Waals surface area contributed by atoms with Crippen LogP contribution in [-0.4, -0.2) is 6.61 Å². The van der Waals surface area contributed by atoms with Gasteiger partial charge in [0.25, 0.3) is 0 Å². The zero-order chi connectivity index (χ0) is 9.26. The molecule has 1 heterocycles. The van der Waals surface area contributed by atoms with Crippen LogP contribution in [0.5, 0.6) is 5.75 Å². The van der Waals surface area contributed by atoms with Crippen molar-refractivity contribution in [3.63, 3.8) is 0 Å². The SMILES string of the molecule is [N-]=[N+]=N[C@H]1COc2ccc(Br)cc21. The Labute approximate surface area is 83.3 Å². The lowest BCUT2D eigenvalue weighted by Gasteiger charge is -1.99. The molecule has 0 bridgehead atoms. The Morgan fingerprint density at radius 2 is 2.46 bits per heavy atom. The van der Waals surface area contributed by atoms with E-state index in [1.54, 1.807) is 0 Å². The van der Waals surface area contributed by atoms with Crippen LogP contribution in [0.25, 0.3) is 10.4 Å². The van der Waals surface area contributed by atoms with Crippen LogP contribution < -0.4 is 4.74 Å². The average molecular weight is 240 g/mol. The molecule has 0 radical (unpaired) electrons. The van der Waals surface area contributed by atoms with E-state index in [0.717, 1.165) is 15.8 Å². The third-order valence-electron chi connectivity index (χ3n) is 1.92. The lowest BCUT2D eigenvalue weighted by atomic mass is 10.1. The van der Waals surface area contributed by atoms with E-state index in [1.807, 2.05) is 18.2 Å². The Balaban J connectivity index is 2.45. The third kappa shape index (κ3) is 1.48. The maximum absolute atomic E-state index is 8.31. The molecule has 0 aliphatic carbocycles. The first kappa shape index (κ1) is 8.41.